The van der Waals surface area contributed by atoms with E-state index in [1.807, 2.05) is 13.8 Å². The first-order chi connectivity index (χ1) is 12.2. The Hall–Kier alpha value is -2.74. The summed E-state index contributed by atoms with van der Waals surface area (Å²) >= 11 is 0. The molecule has 2 aliphatic heterocycles. The van der Waals surface area contributed by atoms with E-state index < -0.39 is 29.7 Å². The van der Waals surface area contributed by atoms with E-state index in [1.54, 1.807) is 18.2 Å². The van der Waals surface area contributed by atoms with Crippen LogP contribution in [0.3, 0.4) is 0 Å². The third-order valence-electron chi connectivity index (χ3n) is 4.78. The minimum absolute atomic E-state index is 0.0968. The van der Waals surface area contributed by atoms with Gasteiger partial charge in [0.2, 0.25) is 11.8 Å². The number of hydrogen-bond donors (Lipinski definition) is 3. The lowest BCUT2D eigenvalue weighted by Crippen LogP contribution is -2.54. The van der Waals surface area contributed by atoms with Gasteiger partial charge in [-0.15, -0.1) is 0 Å². The number of fused-ring (bicyclic) bond motifs is 1. The van der Waals surface area contributed by atoms with Crippen LogP contribution in [0.25, 0.3) is 0 Å². The van der Waals surface area contributed by atoms with E-state index in [1.165, 1.54) is 0 Å². The summed E-state index contributed by atoms with van der Waals surface area (Å²) < 4.78 is 0. The zero-order valence-electron chi connectivity index (χ0n) is 14.8. The molecule has 4 amide bonds. The molecule has 8 nitrogen and oxygen atoms in total. The lowest BCUT2D eigenvalue weighted by molar-refractivity contribution is -0.136. The molecule has 0 spiro atoms. The highest BCUT2D eigenvalue weighted by Crippen LogP contribution is 2.32. The average Bonchev–Trinajstić information content (AvgIpc) is 2.85. The van der Waals surface area contributed by atoms with E-state index in [2.05, 4.69) is 10.6 Å². The van der Waals surface area contributed by atoms with Gasteiger partial charge in [-0.2, -0.15) is 0 Å². The van der Waals surface area contributed by atoms with Crippen molar-refractivity contribution in [3.05, 3.63) is 29.3 Å². The van der Waals surface area contributed by atoms with Crippen LogP contribution in [-0.2, 0) is 9.59 Å². The molecule has 1 saturated heterocycles. The molecular formula is C18H22N4O4. The van der Waals surface area contributed by atoms with E-state index in [-0.39, 0.29) is 29.4 Å². The quantitative estimate of drug-likeness (QED) is 0.659. The fourth-order valence-corrected chi connectivity index (χ4v) is 3.07. The molecule has 1 aromatic carbocycles. The maximum absolute atomic E-state index is 12.9. The van der Waals surface area contributed by atoms with E-state index >= 15 is 0 Å². The van der Waals surface area contributed by atoms with Crippen LogP contribution in [0.4, 0.5) is 5.69 Å². The largest absolute Gasteiger partial charge is 0.384 e. The molecule has 2 heterocycles. The Morgan fingerprint density at radius 1 is 1.23 bits per heavy atom. The summed E-state index contributed by atoms with van der Waals surface area (Å²) in [5, 5.41) is 5.38. The summed E-state index contributed by atoms with van der Waals surface area (Å²) in [7, 11) is 0. The number of hydrogen-bond acceptors (Lipinski definition) is 6. The molecule has 0 aromatic heterocycles. The highest BCUT2D eigenvalue weighted by atomic mass is 16.2. The SMILES string of the molecule is CC(C)(CN)CNc1cccc2c1C(=O)N(C1CCC(=O)NC1=O)C2=O. The van der Waals surface area contributed by atoms with Crippen LogP contribution in [-0.4, -0.2) is 47.7 Å². The van der Waals surface area contributed by atoms with Crippen molar-refractivity contribution in [2.45, 2.75) is 32.7 Å². The Labute approximate surface area is 151 Å². The molecule has 0 aliphatic carbocycles. The van der Waals surface area contributed by atoms with E-state index in [0.717, 1.165) is 4.90 Å². The van der Waals surface area contributed by atoms with Gasteiger partial charge in [0.15, 0.2) is 0 Å². The number of anilines is 1. The van der Waals surface area contributed by atoms with E-state index in [4.69, 9.17) is 5.73 Å². The Balaban J connectivity index is 1.89. The second-order valence-corrected chi connectivity index (χ2v) is 7.40. The van der Waals surface area contributed by atoms with Crippen LogP contribution in [0.5, 0.6) is 0 Å². The van der Waals surface area contributed by atoms with Crippen LogP contribution in [0.1, 0.15) is 47.4 Å². The summed E-state index contributed by atoms with van der Waals surface area (Å²) in [5.41, 5.74) is 6.61. The van der Waals surface area contributed by atoms with Crippen molar-refractivity contribution in [3.63, 3.8) is 0 Å². The van der Waals surface area contributed by atoms with Gasteiger partial charge in [0.1, 0.15) is 6.04 Å². The lowest BCUT2D eigenvalue weighted by Gasteiger charge is -2.28. The molecule has 26 heavy (non-hydrogen) atoms. The zero-order chi connectivity index (χ0) is 19.1. The predicted molar refractivity (Wildman–Crippen MR) is 94.4 cm³/mol. The Bertz CT molecular complexity index is 802. The van der Waals surface area contributed by atoms with Crippen molar-refractivity contribution in [1.29, 1.82) is 0 Å². The number of nitrogens with two attached hydrogens (primary N) is 1. The molecule has 4 N–H and O–H groups in total. The van der Waals surface area contributed by atoms with Gasteiger partial charge in [-0.1, -0.05) is 19.9 Å². The van der Waals surface area contributed by atoms with Crippen molar-refractivity contribution in [2.75, 3.05) is 18.4 Å². The van der Waals surface area contributed by atoms with Crippen LogP contribution < -0.4 is 16.4 Å². The number of nitrogens with zero attached hydrogens (tertiary/aromatic N) is 1. The molecule has 1 fully saturated rings. The number of amides is 4. The Morgan fingerprint density at radius 2 is 1.96 bits per heavy atom. The topological polar surface area (TPSA) is 122 Å². The number of carbonyl (C=O) groups excluding carboxylic acids is 4. The van der Waals surface area contributed by atoms with Crippen molar-refractivity contribution in [1.82, 2.24) is 10.2 Å². The maximum Gasteiger partial charge on any atom is 0.264 e. The van der Waals surface area contributed by atoms with Gasteiger partial charge in [0.25, 0.3) is 11.8 Å². The molecule has 138 valence electrons. The van der Waals surface area contributed by atoms with Crippen molar-refractivity contribution < 1.29 is 19.2 Å². The molecule has 1 aromatic rings. The molecule has 2 aliphatic rings. The molecule has 8 heteroatoms. The van der Waals surface area contributed by atoms with Gasteiger partial charge in [0, 0.05) is 18.7 Å². The fourth-order valence-electron chi connectivity index (χ4n) is 3.07. The molecular weight excluding hydrogens is 336 g/mol. The Kier molecular flexibility index (Phi) is 4.53. The molecule has 0 saturated carbocycles. The monoisotopic (exact) mass is 358 g/mol. The number of imide groups is 2. The van der Waals surface area contributed by atoms with Gasteiger partial charge in [0.05, 0.1) is 11.1 Å². The summed E-state index contributed by atoms with van der Waals surface area (Å²) in [6.45, 7) is 4.97. The van der Waals surface area contributed by atoms with Gasteiger partial charge in [-0.25, -0.2) is 0 Å². The number of carbonyl (C=O) groups is 4. The predicted octanol–water partition coefficient (Wildman–Crippen LogP) is 0.485. The normalized spacial score (nSPS) is 20.3. The average molecular weight is 358 g/mol. The van der Waals surface area contributed by atoms with Crippen LogP contribution in [0.2, 0.25) is 0 Å². The number of rotatable bonds is 5. The standard InChI is InChI=1S/C18H22N4O4/c1-18(2,8-19)9-20-11-5-3-4-10-14(11)17(26)22(16(10)25)12-6-7-13(23)21-15(12)24/h3-5,12,20H,6-9,19H2,1-2H3,(H,21,23,24). The third-order valence-corrected chi connectivity index (χ3v) is 4.78. The second-order valence-electron chi connectivity index (χ2n) is 7.40. The van der Waals surface area contributed by atoms with Gasteiger partial charge >= 0.3 is 0 Å². The highest BCUT2D eigenvalue weighted by molar-refractivity contribution is 6.25. The molecule has 3 rings (SSSR count). The van der Waals surface area contributed by atoms with E-state index in [0.29, 0.717) is 18.8 Å². The molecule has 0 radical (unpaired) electrons. The molecule has 1 atom stereocenters. The number of piperidine rings is 1. The number of benzene rings is 1. The number of nitrogens with one attached hydrogen (secondary N) is 2. The molecule has 1 unspecified atom stereocenters. The first-order valence-electron chi connectivity index (χ1n) is 8.54. The van der Waals surface area contributed by atoms with Crippen LogP contribution in [0, 0.1) is 5.41 Å². The minimum atomic E-state index is -0.964. The minimum Gasteiger partial charge on any atom is -0.384 e. The maximum atomic E-state index is 12.9. The highest BCUT2D eigenvalue weighted by Gasteiger charge is 2.45. The van der Waals surface area contributed by atoms with Gasteiger partial charge in [-0.05, 0) is 30.5 Å². The zero-order valence-corrected chi connectivity index (χ0v) is 14.8. The summed E-state index contributed by atoms with van der Waals surface area (Å²) in [5.74, 6) is -2.04. The summed E-state index contributed by atoms with van der Waals surface area (Å²) in [6.07, 6.45) is 0.235. The summed E-state index contributed by atoms with van der Waals surface area (Å²) in [6, 6.07) is 4.02. The first kappa shape index (κ1) is 18.1. The van der Waals surface area contributed by atoms with Crippen LogP contribution >= 0.6 is 0 Å². The van der Waals surface area contributed by atoms with Gasteiger partial charge < -0.3 is 11.1 Å². The van der Waals surface area contributed by atoms with Crippen molar-refractivity contribution in [2.24, 2.45) is 11.1 Å². The lowest BCUT2D eigenvalue weighted by atomic mass is 9.93. The summed E-state index contributed by atoms with van der Waals surface area (Å²) in [4.78, 5) is 50.1. The first-order valence-corrected chi connectivity index (χ1v) is 8.54. The van der Waals surface area contributed by atoms with E-state index in [9.17, 15) is 19.2 Å². The molecule has 0 bridgehead atoms. The Morgan fingerprint density at radius 3 is 2.62 bits per heavy atom. The van der Waals surface area contributed by atoms with Crippen molar-refractivity contribution >= 4 is 29.3 Å². The van der Waals surface area contributed by atoms with Gasteiger partial charge in [-0.3, -0.25) is 29.4 Å². The van der Waals surface area contributed by atoms with Crippen LogP contribution in [0.15, 0.2) is 18.2 Å². The second kappa shape index (κ2) is 6.53. The fraction of sp³-hybridized carbons (Fsp3) is 0.444. The third kappa shape index (κ3) is 3.08. The smallest absolute Gasteiger partial charge is 0.264 e. The van der Waals surface area contributed by atoms with Crippen molar-refractivity contribution in [3.8, 4) is 0 Å².